The van der Waals surface area contributed by atoms with Crippen LogP contribution in [0, 0.1) is 0 Å². The second-order valence-electron chi connectivity index (χ2n) is 5.24. The molecule has 1 aromatic carbocycles. The van der Waals surface area contributed by atoms with Crippen LogP contribution in [0.4, 0.5) is 11.5 Å². The Bertz CT molecular complexity index is 560. The van der Waals surface area contributed by atoms with E-state index in [0.717, 1.165) is 25.2 Å². The number of fused-ring (bicyclic) bond motifs is 1. The molecule has 0 saturated heterocycles. The number of hydrogen-bond acceptors (Lipinski definition) is 3. The summed E-state index contributed by atoms with van der Waals surface area (Å²) < 4.78 is 0. The lowest BCUT2D eigenvalue weighted by Gasteiger charge is -2.18. The van der Waals surface area contributed by atoms with E-state index < -0.39 is 0 Å². The Morgan fingerprint density at radius 2 is 2.11 bits per heavy atom. The van der Waals surface area contributed by atoms with Gasteiger partial charge in [0.2, 0.25) is 0 Å². The first-order valence-electron chi connectivity index (χ1n) is 6.80. The summed E-state index contributed by atoms with van der Waals surface area (Å²) in [5.41, 5.74) is 9.70. The standard InChI is InChI=1S/C16H19N3/c1-12(17)10-13-6-7-16(18-11-13)19-9-8-14-4-2-3-5-15(14)19/h2-7,11-12H,8-10,17H2,1H3. The highest BCUT2D eigenvalue weighted by Crippen LogP contribution is 2.32. The Kier molecular flexibility index (Phi) is 3.22. The lowest BCUT2D eigenvalue weighted by atomic mass is 10.1. The molecule has 19 heavy (non-hydrogen) atoms. The van der Waals surface area contributed by atoms with Crippen LogP contribution in [0.15, 0.2) is 42.6 Å². The third-order valence-electron chi connectivity index (χ3n) is 3.53. The first-order chi connectivity index (χ1) is 9.24. The molecule has 0 spiro atoms. The Hall–Kier alpha value is -1.87. The van der Waals surface area contributed by atoms with Gasteiger partial charge < -0.3 is 10.6 Å². The van der Waals surface area contributed by atoms with Gasteiger partial charge in [0.25, 0.3) is 0 Å². The van der Waals surface area contributed by atoms with Gasteiger partial charge in [-0.2, -0.15) is 0 Å². The lowest BCUT2D eigenvalue weighted by molar-refractivity contribution is 0.735. The van der Waals surface area contributed by atoms with Gasteiger partial charge in [0.15, 0.2) is 0 Å². The molecule has 1 aromatic heterocycles. The third kappa shape index (κ3) is 2.47. The summed E-state index contributed by atoms with van der Waals surface area (Å²) >= 11 is 0. The predicted molar refractivity (Wildman–Crippen MR) is 78.7 cm³/mol. The van der Waals surface area contributed by atoms with E-state index in [4.69, 9.17) is 5.73 Å². The Morgan fingerprint density at radius 1 is 1.26 bits per heavy atom. The van der Waals surface area contributed by atoms with Crippen molar-refractivity contribution >= 4 is 11.5 Å². The molecule has 0 aliphatic carbocycles. The lowest BCUT2D eigenvalue weighted by Crippen LogP contribution is -2.18. The molecule has 0 fully saturated rings. The van der Waals surface area contributed by atoms with E-state index >= 15 is 0 Å². The van der Waals surface area contributed by atoms with Crippen LogP contribution in [0.2, 0.25) is 0 Å². The number of rotatable bonds is 3. The Balaban J connectivity index is 1.84. The predicted octanol–water partition coefficient (Wildman–Crippen LogP) is 2.67. The molecule has 0 bridgehead atoms. The molecule has 0 saturated carbocycles. The van der Waals surface area contributed by atoms with Crippen molar-refractivity contribution in [2.75, 3.05) is 11.4 Å². The molecular formula is C16H19N3. The van der Waals surface area contributed by atoms with Gasteiger partial charge in [-0.1, -0.05) is 24.3 Å². The van der Waals surface area contributed by atoms with Crippen molar-refractivity contribution in [1.82, 2.24) is 4.98 Å². The molecule has 1 unspecified atom stereocenters. The van der Waals surface area contributed by atoms with Crippen LogP contribution in [-0.4, -0.2) is 17.6 Å². The van der Waals surface area contributed by atoms with Crippen molar-refractivity contribution in [3.63, 3.8) is 0 Å². The Labute approximate surface area is 114 Å². The van der Waals surface area contributed by atoms with E-state index in [1.165, 1.54) is 16.8 Å². The molecule has 2 aromatic rings. The monoisotopic (exact) mass is 253 g/mol. The molecule has 0 radical (unpaired) electrons. The first-order valence-corrected chi connectivity index (χ1v) is 6.80. The van der Waals surface area contributed by atoms with Crippen LogP contribution in [0.25, 0.3) is 0 Å². The van der Waals surface area contributed by atoms with Crippen LogP contribution < -0.4 is 10.6 Å². The molecule has 3 rings (SSSR count). The van der Waals surface area contributed by atoms with E-state index in [-0.39, 0.29) is 6.04 Å². The van der Waals surface area contributed by atoms with Gasteiger partial charge in [-0.15, -0.1) is 0 Å². The van der Waals surface area contributed by atoms with Crippen molar-refractivity contribution in [2.24, 2.45) is 5.73 Å². The molecular weight excluding hydrogens is 234 g/mol. The topological polar surface area (TPSA) is 42.1 Å². The zero-order valence-electron chi connectivity index (χ0n) is 11.2. The molecule has 1 atom stereocenters. The van der Waals surface area contributed by atoms with Gasteiger partial charge in [-0.3, -0.25) is 0 Å². The van der Waals surface area contributed by atoms with Crippen LogP contribution in [-0.2, 0) is 12.8 Å². The number of nitrogens with two attached hydrogens (primary N) is 1. The van der Waals surface area contributed by atoms with Crippen molar-refractivity contribution in [3.8, 4) is 0 Å². The minimum atomic E-state index is 0.181. The molecule has 1 aliphatic heterocycles. The van der Waals surface area contributed by atoms with Gasteiger partial charge in [-0.05, 0) is 43.0 Å². The van der Waals surface area contributed by atoms with Gasteiger partial charge >= 0.3 is 0 Å². The number of benzene rings is 1. The van der Waals surface area contributed by atoms with Crippen molar-refractivity contribution in [1.29, 1.82) is 0 Å². The highest BCUT2D eigenvalue weighted by Gasteiger charge is 2.20. The minimum Gasteiger partial charge on any atom is -0.328 e. The SMILES string of the molecule is CC(N)Cc1ccc(N2CCc3ccccc32)nc1. The average molecular weight is 253 g/mol. The van der Waals surface area contributed by atoms with Gasteiger partial charge in [0.1, 0.15) is 5.82 Å². The molecule has 2 heterocycles. The molecule has 1 aliphatic rings. The minimum absolute atomic E-state index is 0.181. The molecule has 3 nitrogen and oxygen atoms in total. The largest absolute Gasteiger partial charge is 0.328 e. The number of para-hydroxylation sites is 1. The fraction of sp³-hybridized carbons (Fsp3) is 0.312. The van der Waals surface area contributed by atoms with E-state index in [1.54, 1.807) is 0 Å². The summed E-state index contributed by atoms with van der Waals surface area (Å²) in [6, 6.07) is 13.0. The van der Waals surface area contributed by atoms with Crippen LogP contribution in [0.1, 0.15) is 18.1 Å². The van der Waals surface area contributed by atoms with E-state index in [2.05, 4.69) is 46.3 Å². The second kappa shape index (κ2) is 5.02. The quantitative estimate of drug-likeness (QED) is 0.914. The van der Waals surface area contributed by atoms with Crippen molar-refractivity contribution in [2.45, 2.75) is 25.8 Å². The summed E-state index contributed by atoms with van der Waals surface area (Å²) in [7, 11) is 0. The maximum atomic E-state index is 5.81. The third-order valence-corrected chi connectivity index (χ3v) is 3.53. The summed E-state index contributed by atoms with van der Waals surface area (Å²) in [4.78, 5) is 6.87. The fourth-order valence-corrected chi connectivity index (χ4v) is 2.65. The zero-order valence-corrected chi connectivity index (χ0v) is 11.2. The maximum Gasteiger partial charge on any atom is 0.132 e. The van der Waals surface area contributed by atoms with E-state index in [0.29, 0.717) is 0 Å². The van der Waals surface area contributed by atoms with Crippen LogP contribution >= 0.6 is 0 Å². The van der Waals surface area contributed by atoms with Gasteiger partial charge in [0.05, 0.1) is 0 Å². The number of hydrogen-bond donors (Lipinski definition) is 1. The molecule has 98 valence electrons. The molecule has 2 N–H and O–H groups in total. The van der Waals surface area contributed by atoms with E-state index in [9.17, 15) is 0 Å². The Morgan fingerprint density at radius 3 is 2.84 bits per heavy atom. The molecule has 3 heteroatoms. The first kappa shape index (κ1) is 12.2. The zero-order chi connectivity index (χ0) is 13.2. The van der Waals surface area contributed by atoms with Crippen LogP contribution in [0.5, 0.6) is 0 Å². The highest BCUT2D eigenvalue weighted by atomic mass is 15.2. The number of pyridine rings is 1. The van der Waals surface area contributed by atoms with E-state index in [1.807, 2.05) is 13.1 Å². The number of anilines is 2. The van der Waals surface area contributed by atoms with Crippen LogP contribution in [0.3, 0.4) is 0 Å². The summed E-state index contributed by atoms with van der Waals surface area (Å²) in [5, 5.41) is 0. The summed E-state index contributed by atoms with van der Waals surface area (Å²) in [5.74, 6) is 1.03. The van der Waals surface area contributed by atoms with Gasteiger partial charge in [0, 0.05) is 24.5 Å². The number of nitrogens with zero attached hydrogens (tertiary/aromatic N) is 2. The van der Waals surface area contributed by atoms with Gasteiger partial charge in [-0.25, -0.2) is 4.98 Å². The highest BCUT2D eigenvalue weighted by molar-refractivity contribution is 5.67. The maximum absolute atomic E-state index is 5.81. The summed E-state index contributed by atoms with van der Waals surface area (Å²) in [6.07, 6.45) is 3.92. The summed E-state index contributed by atoms with van der Waals surface area (Å²) in [6.45, 7) is 3.03. The van der Waals surface area contributed by atoms with Crippen molar-refractivity contribution < 1.29 is 0 Å². The average Bonchev–Trinajstić information content (AvgIpc) is 2.83. The smallest absolute Gasteiger partial charge is 0.132 e. The number of aromatic nitrogens is 1. The normalized spacial score (nSPS) is 15.4. The van der Waals surface area contributed by atoms with Crippen molar-refractivity contribution in [3.05, 3.63) is 53.7 Å². The second-order valence-corrected chi connectivity index (χ2v) is 5.24. The fourth-order valence-electron chi connectivity index (χ4n) is 2.65. The molecule has 0 amide bonds.